The van der Waals surface area contributed by atoms with E-state index in [1.165, 1.54) is 0 Å². The van der Waals surface area contributed by atoms with Crippen molar-refractivity contribution in [3.05, 3.63) is 35.4 Å². The summed E-state index contributed by atoms with van der Waals surface area (Å²) in [5.41, 5.74) is 7.07. The number of piperidine rings is 1. The van der Waals surface area contributed by atoms with Crippen LogP contribution >= 0.6 is 0 Å². The fraction of sp³-hybridized carbons (Fsp3) is 0.550. The van der Waals surface area contributed by atoms with Gasteiger partial charge in [-0.2, -0.15) is 0 Å². The molecule has 0 aromatic heterocycles. The van der Waals surface area contributed by atoms with Gasteiger partial charge in [-0.05, 0) is 44.7 Å². The fourth-order valence-corrected chi connectivity index (χ4v) is 3.35. The highest BCUT2D eigenvalue weighted by atomic mass is 16.2. The molecule has 0 saturated carbocycles. The Morgan fingerprint density at radius 2 is 2.15 bits per heavy atom. The molecule has 148 valence electrons. The Kier molecular flexibility index (Phi) is 8.10. The average molecular weight is 374 g/mol. The Labute approximate surface area is 161 Å². The average Bonchev–Trinajstić information content (AvgIpc) is 2.63. The Bertz CT molecular complexity index is 674. The van der Waals surface area contributed by atoms with E-state index in [1.807, 2.05) is 38.1 Å². The van der Waals surface area contributed by atoms with E-state index in [0.29, 0.717) is 25.1 Å². The number of benzene rings is 1. The highest BCUT2D eigenvalue weighted by molar-refractivity contribution is 5.94. The third kappa shape index (κ3) is 6.92. The lowest BCUT2D eigenvalue weighted by Gasteiger charge is -2.34. The third-order valence-electron chi connectivity index (χ3n) is 4.58. The monoisotopic (exact) mass is 373 g/mol. The number of carbonyl (C=O) groups is 2. The van der Waals surface area contributed by atoms with Gasteiger partial charge in [0.1, 0.15) is 0 Å². The van der Waals surface area contributed by atoms with Crippen LogP contribution in [0.2, 0.25) is 0 Å². The van der Waals surface area contributed by atoms with Crippen LogP contribution in [0, 0.1) is 12.8 Å². The van der Waals surface area contributed by atoms with Gasteiger partial charge in [-0.25, -0.2) is 0 Å². The predicted octanol–water partition coefficient (Wildman–Crippen LogP) is 1.28. The topological polar surface area (TPSA) is 99.8 Å². The molecule has 0 radical (unpaired) electrons. The number of guanidine groups is 1. The van der Waals surface area contributed by atoms with Gasteiger partial charge in [0.2, 0.25) is 5.91 Å². The minimum atomic E-state index is -0.248. The number of carbonyl (C=O) groups excluding carboxylic acids is 2. The van der Waals surface area contributed by atoms with Crippen LogP contribution in [-0.4, -0.2) is 55.4 Å². The predicted molar refractivity (Wildman–Crippen MR) is 108 cm³/mol. The van der Waals surface area contributed by atoms with E-state index in [4.69, 9.17) is 5.73 Å². The summed E-state index contributed by atoms with van der Waals surface area (Å²) in [7, 11) is 0. The second kappa shape index (κ2) is 10.5. The summed E-state index contributed by atoms with van der Waals surface area (Å²) in [6.45, 7) is 7.43. The molecule has 4 N–H and O–H groups in total. The lowest BCUT2D eigenvalue weighted by Crippen LogP contribution is -2.47. The number of primary amides is 1. The molecular weight excluding hydrogens is 342 g/mol. The Balaban J connectivity index is 1.87. The van der Waals surface area contributed by atoms with Crippen LogP contribution in [-0.2, 0) is 4.79 Å². The molecule has 0 bridgehead atoms. The van der Waals surface area contributed by atoms with E-state index in [1.54, 1.807) is 0 Å². The quantitative estimate of drug-likeness (QED) is 0.381. The van der Waals surface area contributed by atoms with Crippen LogP contribution < -0.4 is 16.4 Å². The molecular formula is C20H31N5O2. The van der Waals surface area contributed by atoms with E-state index in [9.17, 15) is 9.59 Å². The van der Waals surface area contributed by atoms with Crippen molar-refractivity contribution in [2.75, 3.05) is 32.7 Å². The van der Waals surface area contributed by atoms with Crippen molar-refractivity contribution in [2.45, 2.75) is 33.1 Å². The molecule has 7 nitrogen and oxygen atoms in total. The molecule has 1 saturated heterocycles. The van der Waals surface area contributed by atoms with E-state index in [0.717, 1.165) is 44.0 Å². The van der Waals surface area contributed by atoms with Crippen molar-refractivity contribution in [1.29, 1.82) is 0 Å². The molecule has 1 aliphatic heterocycles. The molecule has 1 aromatic carbocycles. The van der Waals surface area contributed by atoms with Crippen LogP contribution in [0.3, 0.4) is 0 Å². The van der Waals surface area contributed by atoms with Gasteiger partial charge in [-0.15, -0.1) is 0 Å². The summed E-state index contributed by atoms with van der Waals surface area (Å²) in [6, 6.07) is 7.52. The van der Waals surface area contributed by atoms with Gasteiger partial charge < -0.3 is 21.3 Å². The maximum Gasteiger partial charge on any atom is 0.251 e. The lowest BCUT2D eigenvalue weighted by atomic mass is 9.95. The second-order valence-corrected chi connectivity index (χ2v) is 6.99. The molecule has 7 heteroatoms. The van der Waals surface area contributed by atoms with Crippen molar-refractivity contribution in [3.63, 3.8) is 0 Å². The number of nitrogens with two attached hydrogens (primary N) is 1. The molecule has 27 heavy (non-hydrogen) atoms. The van der Waals surface area contributed by atoms with Crippen LogP contribution in [0.5, 0.6) is 0 Å². The first-order valence-electron chi connectivity index (χ1n) is 9.66. The third-order valence-corrected chi connectivity index (χ3v) is 4.58. The molecule has 1 atom stereocenters. The Morgan fingerprint density at radius 3 is 2.85 bits per heavy atom. The maximum absolute atomic E-state index is 12.2. The standard InChI is InChI=1S/C20H31N5O2/c1-3-22-20(25-11-5-7-16(14-25)13-18(21)26)24-10-9-23-19(27)17-8-4-6-15(2)12-17/h4,6,8,12,16H,3,5,7,9-11,13-14H2,1-2H3,(H2,21,26)(H,22,24)(H,23,27). The Morgan fingerprint density at radius 1 is 1.33 bits per heavy atom. The minimum Gasteiger partial charge on any atom is -0.370 e. The molecule has 0 spiro atoms. The van der Waals surface area contributed by atoms with Gasteiger partial charge >= 0.3 is 0 Å². The van der Waals surface area contributed by atoms with Gasteiger partial charge in [0.25, 0.3) is 5.91 Å². The smallest absolute Gasteiger partial charge is 0.251 e. The van der Waals surface area contributed by atoms with Crippen LogP contribution in [0.25, 0.3) is 0 Å². The molecule has 1 fully saturated rings. The summed E-state index contributed by atoms with van der Waals surface area (Å²) in [4.78, 5) is 30.2. The highest BCUT2D eigenvalue weighted by Gasteiger charge is 2.23. The van der Waals surface area contributed by atoms with E-state index >= 15 is 0 Å². The summed E-state index contributed by atoms with van der Waals surface area (Å²) < 4.78 is 0. The van der Waals surface area contributed by atoms with E-state index in [2.05, 4.69) is 20.5 Å². The van der Waals surface area contributed by atoms with Crippen LogP contribution in [0.15, 0.2) is 29.3 Å². The minimum absolute atomic E-state index is 0.0848. The number of hydrogen-bond donors (Lipinski definition) is 3. The second-order valence-electron chi connectivity index (χ2n) is 6.99. The number of hydrogen-bond acceptors (Lipinski definition) is 3. The van der Waals surface area contributed by atoms with Crippen molar-refractivity contribution >= 4 is 17.8 Å². The van der Waals surface area contributed by atoms with Crippen molar-refractivity contribution < 1.29 is 9.59 Å². The molecule has 1 unspecified atom stereocenters. The number of amides is 2. The van der Waals surface area contributed by atoms with Gasteiger partial charge in [-0.1, -0.05) is 17.7 Å². The number of likely N-dealkylation sites (tertiary alicyclic amines) is 1. The van der Waals surface area contributed by atoms with Gasteiger partial charge in [0, 0.05) is 38.2 Å². The normalized spacial score (nSPS) is 17.5. The van der Waals surface area contributed by atoms with E-state index in [-0.39, 0.29) is 17.7 Å². The van der Waals surface area contributed by atoms with E-state index < -0.39 is 0 Å². The first kappa shape index (κ1) is 20.7. The fourth-order valence-electron chi connectivity index (χ4n) is 3.35. The molecule has 2 amide bonds. The summed E-state index contributed by atoms with van der Waals surface area (Å²) >= 11 is 0. The first-order chi connectivity index (χ1) is 13.0. The summed E-state index contributed by atoms with van der Waals surface area (Å²) in [5.74, 6) is 0.777. The maximum atomic E-state index is 12.2. The van der Waals surface area contributed by atoms with Crippen molar-refractivity contribution in [3.8, 4) is 0 Å². The Hall–Kier alpha value is -2.57. The zero-order chi connectivity index (χ0) is 19.6. The summed E-state index contributed by atoms with van der Waals surface area (Å²) in [5, 5.41) is 6.21. The highest BCUT2D eigenvalue weighted by Crippen LogP contribution is 2.19. The molecule has 0 aliphatic carbocycles. The van der Waals surface area contributed by atoms with Gasteiger partial charge in [-0.3, -0.25) is 14.6 Å². The first-order valence-corrected chi connectivity index (χ1v) is 9.66. The number of nitrogens with zero attached hydrogens (tertiary/aromatic N) is 2. The summed E-state index contributed by atoms with van der Waals surface area (Å²) in [6.07, 6.45) is 2.46. The van der Waals surface area contributed by atoms with Crippen molar-refractivity contribution in [1.82, 2.24) is 15.5 Å². The number of nitrogens with one attached hydrogen (secondary N) is 2. The zero-order valence-electron chi connectivity index (χ0n) is 16.3. The molecule has 1 heterocycles. The molecule has 1 aliphatic rings. The number of aryl methyl sites for hydroxylation is 1. The molecule has 2 rings (SSSR count). The van der Waals surface area contributed by atoms with Crippen LogP contribution in [0.1, 0.15) is 42.1 Å². The molecule has 1 aromatic rings. The zero-order valence-corrected chi connectivity index (χ0v) is 16.3. The lowest BCUT2D eigenvalue weighted by molar-refractivity contribution is -0.119. The van der Waals surface area contributed by atoms with Crippen molar-refractivity contribution in [2.24, 2.45) is 16.6 Å². The number of aliphatic imine (C=N–C) groups is 1. The number of rotatable bonds is 7. The largest absolute Gasteiger partial charge is 0.370 e. The van der Waals surface area contributed by atoms with Gasteiger partial charge in [0.05, 0.1) is 6.54 Å². The SMILES string of the molecule is CCNC(=NCCNC(=O)c1cccc(C)c1)N1CCCC(CC(N)=O)C1. The van der Waals surface area contributed by atoms with Crippen LogP contribution in [0.4, 0.5) is 0 Å². The van der Waals surface area contributed by atoms with Gasteiger partial charge in [0.15, 0.2) is 5.96 Å².